The van der Waals surface area contributed by atoms with E-state index in [1.165, 1.54) is 0 Å². The molecule has 2 aromatic heterocycles. The fraction of sp³-hybridized carbons (Fsp3) is 0.429. The van der Waals surface area contributed by atoms with Crippen molar-refractivity contribution in [3.63, 3.8) is 0 Å². The van der Waals surface area contributed by atoms with Crippen LogP contribution in [0, 0.1) is 5.92 Å². The highest BCUT2D eigenvalue weighted by molar-refractivity contribution is 7.08. The Balaban J connectivity index is 1.71. The van der Waals surface area contributed by atoms with Gasteiger partial charge in [-0.2, -0.15) is 16.4 Å². The number of thiophene rings is 1. The van der Waals surface area contributed by atoms with Gasteiger partial charge in [-0.05, 0) is 31.2 Å². The zero-order chi connectivity index (χ0) is 14.3. The Bertz CT molecular complexity index is 623. The Morgan fingerprint density at radius 2 is 2.35 bits per heavy atom. The molecule has 0 radical (unpaired) electrons. The van der Waals surface area contributed by atoms with Crippen LogP contribution in [0.4, 0.5) is 5.82 Å². The monoisotopic (exact) mass is 291 g/mol. The number of carbonyl (C=O) groups excluding carboxylic acids is 1. The van der Waals surface area contributed by atoms with Crippen LogP contribution >= 0.6 is 11.3 Å². The molecule has 5 nitrogen and oxygen atoms in total. The fourth-order valence-electron chi connectivity index (χ4n) is 2.55. The predicted octanol–water partition coefficient (Wildman–Crippen LogP) is 2.25. The highest BCUT2D eigenvalue weighted by atomic mass is 32.1. The van der Waals surface area contributed by atoms with Crippen LogP contribution in [-0.4, -0.2) is 26.4 Å². The van der Waals surface area contributed by atoms with Gasteiger partial charge in [0.25, 0.3) is 0 Å². The molecule has 1 amide bonds. The summed E-state index contributed by atoms with van der Waals surface area (Å²) in [5.41, 5.74) is 1.22. The van der Waals surface area contributed by atoms with E-state index in [0.717, 1.165) is 11.3 Å². The topological polar surface area (TPSA) is 67.2 Å². The van der Waals surface area contributed by atoms with Crippen LogP contribution in [0.2, 0.25) is 0 Å². The van der Waals surface area contributed by atoms with Gasteiger partial charge in [0.05, 0.1) is 11.3 Å². The number of hydrogen-bond donors (Lipinski definition) is 2. The fourth-order valence-corrected chi connectivity index (χ4v) is 3.20. The third-order valence-corrected chi connectivity index (χ3v) is 4.37. The first-order chi connectivity index (χ1) is 9.44. The van der Waals surface area contributed by atoms with E-state index in [-0.39, 0.29) is 11.8 Å². The molecule has 0 atom stereocenters. The SMILES string of the molecule is Cn1nc(-c2ccsc2)cc1NC(=O)C1CC(C)(O)C1. The minimum absolute atomic E-state index is 0.0450. The molecule has 0 unspecified atom stereocenters. The minimum Gasteiger partial charge on any atom is -0.390 e. The molecule has 2 heterocycles. The lowest BCUT2D eigenvalue weighted by atomic mass is 9.72. The predicted molar refractivity (Wildman–Crippen MR) is 78.5 cm³/mol. The molecule has 0 saturated heterocycles. The van der Waals surface area contributed by atoms with Gasteiger partial charge in [-0.1, -0.05) is 0 Å². The van der Waals surface area contributed by atoms with Crippen molar-refractivity contribution >= 4 is 23.1 Å². The lowest BCUT2D eigenvalue weighted by Crippen LogP contribution is -2.46. The second-order valence-electron chi connectivity index (χ2n) is 5.64. The maximum absolute atomic E-state index is 12.1. The van der Waals surface area contributed by atoms with E-state index in [9.17, 15) is 9.90 Å². The molecular formula is C14H17N3O2S. The molecule has 1 saturated carbocycles. The van der Waals surface area contributed by atoms with E-state index in [2.05, 4.69) is 10.4 Å². The number of aromatic nitrogens is 2. The number of anilines is 1. The van der Waals surface area contributed by atoms with Gasteiger partial charge in [0.1, 0.15) is 5.82 Å². The number of aliphatic hydroxyl groups is 1. The normalized spacial score (nSPS) is 25.2. The van der Waals surface area contributed by atoms with E-state index in [4.69, 9.17) is 0 Å². The lowest BCUT2D eigenvalue weighted by molar-refractivity contribution is -0.133. The van der Waals surface area contributed by atoms with Gasteiger partial charge >= 0.3 is 0 Å². The second-order valence-corrected chi connectivity index (χ2v) is 6.42. The summed E-state index contributed by atoms with van der Waals surface area (Å²) in [6.45, 7) is 1.76. The number of hydrogen-bond acceptors (Lipinski definition) is 4. The third-order valence-electron chi connectivity index (χ3n) is 3.69. The highest BCUT2D eigenvalue weighted by Crippen LogP contribution is 2.38. The Kier molecular flexibility index (Phi) is 3.14. The first kappa shape index (κ1) is 13.3. The molecule has 0 aromatic carbocycles. The van der Waals surface area contributed by atoms with Gasteiger partial charge in [0.2, 0.25) is 5.91 Å². The van der Waals surface area contributed by atoms with Crippen LogP contribution in [0.25, 0.3) is 11.3 Å². The van der Waals surface area contributed by atoms with Crippen molar-refractivity contribution in [2.24, 2.45) is 13.0 Å². The number of nitrogens with zero attached hydrogens (tertiary/aromatic N) is 2. The van der Waals surface area contributed by atoms with Crippen LogP contribution in [-0.2, 0) is 11.8 Å². The smallest absolute Gasteiger partial charge is 0.228 e. The molecule has 2 aromatic rings. The van der Waals surface area contributed by atoms with Crippen LogP contribution in [0.1, 0.15) is 19.8 Å². The van der Waals surface area contributed by atoms with E-state index < -0.39 is 5.60 Å². The summed E-state index contributed by atoms with van der Waals surface area (Å²) in [5.74, 6) is 0.531. The average molecular weight is 291 g/mol. The van der Waals surface area contributed by atoms with Crippen LogP contribution in [0.5, 0.6) is 0 Å². The summed E-state index contributed by atoms with van der Waals surface area (Å²) in [7, 11) is 1.81. The number of carbonyl (C=O) groups is 1. The molecule has 3 rings (SSSR count). The van der Waals surface area contributed by atoms with Crippen LogP contribution < -0.4 is 5.32 Å². The molecule has 6 heteroatoms. The molecule has 0 aliphatic heterocycles. The number of amides is 1. The molecule has 20 heavy (non-hydrogen) atoms. The highest BCUT2D eigenvalue weighted by Gasteiger charge is 2.42. The summed E-state index contributed by atoms with van der Waals surface area (Å²) in [5, 5.41) is 21.0. The Morgan fingerprint density at radius 3 is 2.95 bits per heavy atom. The van der Waals surface area contributed by atoms with E-state index in [1.807, 2.05) is 29.9 Å². The largest absolute Gasteiger partial charge is 0.390 e. The summed E-state index contributed by atoms with van der Waals surface area (Å²) in [6, 6.07) is 3.87. The van der Waals surface area contributed by atoms with Crippen molar-refractivity contribution in [1.29, 1.82) is 0 Å². The van der Waals surface area contributed by atoms with Crippen molar-refractivity contribution < 1.29 is 9.90 Å². The molecule has 1 fully saturated rings. The lowest BCUT2D eigenvalue weighted by Gasteiger charge is -2.39. The molecule has 106 valence electrons. The van der Waals surface area contributed by atoms with Crippen LogP contribution in [0.3, 0.4) is 0 Å². The molecule has 1 aliphatic rings. The zero-order valence-electron chi connectivity index (χ0n) is 11.5. The molecule has 0 spiro atoms. The summed E-state index contributed by atoms with van der Waals surface area (Å²) < 4.78 is 1.67. The average Bonchev–Trinajstić information content (AvgIpc) is 2.96. The summed E-state index contributed by atoms with van der Waals surface area (Å²) in [6.07, 6.45) is 1.04. The first-order valence-corrected chi connectivity index (χ1v) is 7.49. The van der Waals surface area contributed by atoms with E-state index >= 15 is 0 Å². The molecule has 0 bridgehead atoms. The molecule has 2 N–H and O–H groups in total. The maximum atomic E-state index is 12.1. The summed E-state index contributed by atoms with van der Waals surface area (Å²) in [4.78, 5) is 12.1. The number of rotatable bonds is 3. The van der Waals surface area contributed by atoms with Crippen LogP contribution in [0.15, 0.2) is 22.9 Å². The van der Waals surface area contributed by atoms with Gasteiger partial charge < -0.3 is 10.4 Å². The van der Waals surface area contributed by atoms with E-state index in [1.54, 1.807) is 22.9 Å². The van der Waals surface area contributed by atoms with Crippen molar-refractivity contribution in [3.8, 4) is 11.3 Å². The van der Waals surface area contributed by atoms with Crippen molar-refractivity contribution in [1.82, 2.24) is 9.78 Å². The maximum Gasteiger partial charge on any atom is 0.228 e. The number of nitrogens with one attached hydrogen (secondary N) is 1. The minimum atomic E-state index is -0.684. The number of aryl methyl sites for hydroxylation is 1. The second kappa shape index (κ2) is 4.71. The standard InChI is InChI=1S/C14H17N3O2S/c1-14(19)6-10(7-14)13(18)15-12-5-11(16-17(12)2)9-3-4-20-8-9/h3-5,8,10,19H,6-7H2,1-2H3,(H,15,18). The van der Waals surface area contributed by atoms with Gasteiger partial charge in [0, 0.05) is 30.0 Å². The molecular weight excluding hydrogens is 274 g/mol. The van der Waals surface area contributed by atoms with Crippen molar-refractivity contribution in [2.45, 2.75) is 25.4 Å². The van der Waals surface area contributed by atoms with Gasteiger partial charge in [-0.15, -0.1) is 0 Å². The Hall–Kier alpha value is -1.66. The first-order valence-electron chi connectivity index (χ1n) is 6.54. The van der Waals surface area contributed by atoms with Crippen molar-refractivity contribution in [2.75, 3.05) is 5.32 Å². The van der Waals surface area contributed by atoms with Crippen molar-refractivity contribution in [3.05, 3.63) is 22.9 Å². The van der Waals surface area contributed by atoms with Gasteiger partial charge in [-0.25, -0.2) is 0 Å². The van der Waals surface area contributed by atoms with Gasteiger partial charge in [-0.3, -0.25) is 9.48 Å². The molecule has 1 aliphatic carbocycles. The van der Waals surface area contributed by atoms with E-state index in [0.29, 0.717) is 18.7 Å². The quantitative estimate of drug-likeness (QED) is 0.911. The zero-order valence-corrected chi connectivity index (χ0v) is 12.3. The Labute approximate surface area is 121 Å². The third kappa shape index (κ3) is 2.48. The van der Waals surface area contributed by atoms with Gasteiger partial charge in [0.15, 0.2) is 0 Å². The summed E-state index contributed by atoms with van der Waals surface area (Å²) >= 11 is 1.62. The Morgan fingerprint density at radius 1 is 1.60 bits per heavy atom.